The van der Waals surface area contributed by atoms with Crippen molar-refractivity contribution in [3.8, 4) is 0 Å². The fourth-order valence-corrected chi connectivity index (χ4v) is 0.434. The molecular formula is C7H11ClO3. The molecule has 0 spiro atoms. The second-order valence-electron chi connectivity index (χ2n) is 2.43. The van der Waals surface area contributed by atoms with E-state index in [0.29, 0.717) is 0 Å². The molecule has 3 nitrogen and oxygen atoms in total. The SMILES string of the molecule is CC(C)C(=O)OCC(=O)CCl. The molecular weight excluding hydrogens is 168 g/mol. The predicted octanol–water partition coefficient (Wildman–Crippen LogP) is 0.994. The topological polar surface area (TPSA) is 43.4 Å². The van der Waals surface area contributed by atoms with Gasteiger partial charge in [0.05, 0.1) is 11.8 Å². The number of hydrogen-bond acceptors (Lipinski definition) is 3. The van der Waals surface area contributed by atoms with Gasteiger partial charge in [0.1, 0.15) is 0 Å². The van der Waals surface area contributed by atoms with Crippen molar-refractivity contribution in [3.05, 3.63) is 0 Å². The van der Waals surface area contributed by atoms with Crippen molar-refractivity contribution < 1.29 is 14.3 Å². The summed E-state index contributed by atoms with van der Waals surface area (Å²) in [7, 11) is 0. The minimum atomic E-state index is -0.372. The third-order valence-corrected chi connectivity index (χ3v) is 1.29. The first-order chi connectivity index (χ1) is 5.07. The molecule has 64 valence electrons. The van der Waals surface area contributed by atoms with Gasteiger partial charge in [-0.15, -0.1) is 11.6 Å². The summed E-state index contributed by atoms with van der Waals surface area (Å²) < 4.78 is 4.58. The summed E-state index contributed by atoms with van der Waals surface area (Å²) in [5.41, 5.74) is 0. The summed E-state index contributed by atoms with van der Waals surface area (Å²) >= 11 is 5.17. The minimum Gasteiger partial charge on any atom is -0.457 e. The van der Waals surface area contributed by atoms with Gasteiger partial charge in [-0.1, -0.05) is 13.8 Å². The summed E-state index contributed by atoms with van der Waals surface area (Å²) in [4.78, 5) is 21.3. The summed E-state index contributed by atoms with van der Waals surface area (Å²) in [6, 6.07) is 0. The van der Waals surface area contributed by atoms with Gasteiger partial charge in [0, 0.05) is 0 Å². The average Bonchev–Trinajstić information content (AvgIpc) is 1.99. The van der Waals surface area contributed by atoms with Crippen molar-refractivity contribution >= 4 is 23.4 Å². The van der Waals surface area contributed by atoms with Crippen molar-refractivity contribution in [1.82, 2.24) is 0 Å². The van der Waals surface area contributed by atoms with Gasteiger partial charge in [-0.05, 0) is 0 Å². The maximum atomic E-state index is 10.7. The van der Waals surface area contributed by atoms with E-state index in [9.17, 15) is 9.59 Å². The highest BCUT2D eigenvalue weighted by Gasteiger charge is 2.09. The second-order valence-corrected chi connectivity index (χ2v) is 2.70. The van der Waals surface area contributed by atoms with Gasteiger partial charge in [-0.3, -0.25) is 9.59 Å². The normalized spacial score (nSPS) is 9.82. The maximum Gasteiger partial charge on any atom is 0.308 e. The molecule has 0 amide bonds. The Kier molecular flexibility index (Phi) is 4.86. The first-order valence-electron chi connectivity index (χ1n) is 3.32. The lowest BCUT2D eigenvalue weighted by Crippen LogP contribution is -2.18. The van der Waals surface area contributed by atoms with Crippen LogP contribution in [0.2, 0.25) is 0 Å². The Balaban J connectivity index is 3.54. The lowest BCUT2D eigenvalue weighted by atomic mass is 10.2. The molecule has 0 aliphatic heterocycles. The van der Waals surface area contributed by atoms with Gasteiger partial charge >= 0.3 is 5.97 Å². The molecule has 0 saturated carbocycles. The van der Waals surface area contributed by atoms with E-state index < -0.39 is 0 Å². The van der Waals surface area contributed by atoms with Crippen molar-refractivity contribution in [2.45, 2.75) is 13.8 Å². The third kappa shape index (κ3) is 4.79. The Bertz CT molecular complexity index is 154. The monoisotopic (exact) mass is 178 g/mol. The summed E-state index contributed by atoms with van der Waals surface area (Å²) in [6.07, 6.45) is 0. The van der Waals surface area contributed by atoms with Gasteiger partial charge in [-0.25, -0.2) is 0 Å². The van der Waals surface area contributed by atoms with Crippen LogP contribution in [0.5, 0.6) is 0 Å². The van der Waals surface area contributed by atoms with E-state index in [2.05, 4.69) is 4.74 Å². The van der Waals surface area contributed by atoms with E-state index >= 15 is 0 Å². The first-order valence-corrected chi connectivity index (χ1v) is 3.85. The fraction of sp³-hybridized carbons (Fsp3) is 0.714. The molecule has 0 rings (SSSR count). The molecule has 0 aliphatic rings. The van der Waals surface area contributed by atoms with Gasteiger partial charge < -0.3 is 4.74 Å². The van der Waals surface area contributed by atoms with E-state index in [-0.39, 0.29) is 30.2 Å². The van der Waals surface area contributed by atoms with Crippen LogP contribution in [0.15, 0.2) is 0 Å². The Labute approximate surface area is 70.7 Å². The molecule has 0 N–H and O–H groups in total. The number of hydrogen-bond donors (Lipinski definition) is 0. The van der Waals surface area contributed by atoms with Crippen LogP contribution in [0.1, 0.15) is 13.8 Å². The van der Waals surface area contributed by atoms with Crippen molar-refractivity contribution in [2.75, 3.05) is 12.5 Å². The Hall–Kier alpha value is -0.570. The summed E-state index contributed by atoms with van der Waals surface area (Å²) in [5, 5.41) is 0. The molecule has 0 aromatic rings. The van der Waals surface area contributed by atoms with Gasteiger partial charge in [0.15, 0.2) is 12.4 Å². The van der Waals surface area contributed by atoms with Crippen LogP contribution in [-0.2, 0) is 14.3 Å². The third-order valence-electron chi connectivity index (χ3n) is 0.996. The molecule has 0 aromatic carbocycles. The van der Waals surface area contributed by atoms with Crippen LogP contribution in [0.4, 0.5) is 0 Å². The number of alkyl halides is 1. The molecule has 0 aliphatic carbocycles. The van der Waals surface area contributed by atoms with E-state index in [4.69, 9.17) is 11.6 Å². The molecule has 4 heteroatoms. The van der Waals surface area contributed by atoms with Gasteiger partial charge in [0.2, 0.25) is 0 Å². The smallest absolute Gasteiger partial charge is 0.308 e. The number of halogens is 1. The Morgan fingerprint density at radius 3 is 2.36 bits per heavy atom. The van der Waals surface area contributed by atoms with E-state index in [1.165, 1.54) is 0 Å². The Morgan fingerprint density at radius 2 is 2.00 bits per heavy atom. The zero-order valence-corrected chi connectivity index (χ0v) is 7.35. The predicted molar refractivity (Wildman–Crippen MR) is 41.5 cm³/mol. The van der Waals surface area contributed by atoms with Crippen LogP contribution in [0, 0.1) is 5.92 Å². The zero-order chi connectivity index (χ0) is 8.85. The first kappa shape index (κ1) is 10.4. The largest absolute Gasteiger partial charge is 0.457 e. The summed E-state index contributed by atoms with van der Waals surface area (Å²) in [5.74, 6) is -0.951. The number of carbonyl (C=O) groups is 2. The number of esters is 1. The molecule has 0 atom stereocenters. The van der Waals surface area contributed by atoms with Crippen molar-refractivity contribution in [1.29, 1.82) is 0 Å². The average molecular weight is 179 g/mol. The van der Waals surface area contributed by atoms with E-state index in [0.717, 1.165) is 0 Å². The second kappa shape index (κ2) is 5.13. The molecule has 11 heavy (non-hydrogen) atoms. The number of Topliss-reactive ketones (excluding diaryl/α,β-unsaturated/α-hetero) is 1. The highest BCUT2D eigenvalue weighted by Crippen LogP contribution is 1.95. The maximum absolute atomic E-state index is 10.7. The van der Waals surface area contributed by atoms with Crippen molar-refractivity contribution in [3.63, 3.8) is 0 Å². The number of ether oxygens (including phenoxy) is 1. The Morgan fingerprint density at radius 1 is 1.45 bits per heavy atom. The molecule has 0 radical (unpaired) electrons. The highest BCUT2D eigenvalue weighted by atomic mass is 35.5. The van der Waals surface area contributed by atoms with Crippen molar-refractivity contribution in [2.24, 2.45) is 5.92 Å². The molecule has 0 bridgehead atoms. The summed E-state index contributed by atoms with van der Waals surface area (Å²) in [6.45, 7) is 3.20. The van der Waals surface area contributed by atoms with Crippen LogP contribution >= 0.6 is 11.6 Å². The van der Waals surface area contributed by atoms with Crippen LogP contribution in [0.3, 0.4) is 0 Å². The molecule has 0 heterocycles. The minimum absolute atomic E-state index is 0.106. The van der Waals surface area contributed by atoms with Crippen LogP contribution < -0.4 is 0 Å². The fourth-order valence-electron chi connectivity index (χ4n) is 0.357. The van der Waals surface area contributed by atoms with Gasteiger partial charge in [-0.2, -0.15) is 0 Å². The van der Waals surface area contributed by atoms with Crippen LogP contribution in [0.25, 0.3) is 0 Å². The number of ketones is 1. The lowest BCUT2D eigenvalue weighted by molar-refractivity contribution is -0.150. The molecule has 0 fully saturated rings. The lowest BCUT2D eigenvalue weighted by Gasteiger charge is -2.04. The van der Waals surface area contributed by atoms with Crippen LogP contribution in [-0.4, -0.2) is 24.2 Å². The molecule has 0 aromatic heterocycles. The molecule has 0 saturated heterocycles. The molecule has 0 unspecified atom stereocenters. The highest BCUT2D eigenvalue weighted by molar-refractivity contribution is 6.27. The van der Waals surface area contributed by atoms with Gasteiger partial charge in [0.25, 0.3) is 0 Å². The van der Waals surface area contributed by atoms with E-state index in [1.54, 1.807) is 13.8 Å². The quantitative estimate of drug-likeness (QED) is 0.477. The number of carbonyl (C=O) groups excluding carboxylic acids is 2. The number of rotatable bonds is 4. The standard InChI is InChI=1S/C7H11ClO3/c1-5(2)7(10)11-4-6(9)3-8/h5H,3-4H2,1-2H3. The van der Waals surface area contributed by atoms with E-state index in [1.807, 2.05) is 0 Å². The zero-order valence-electron chi connectivity index (χ0n) is 6.59.